The molecule has 134 valence electrons. The molecule has 0 radical (unpaired) electrons. The Bertz CT molecular complexity index is 1230. The fourth-order valence-electron chi connectivity index (χ4n) is 4.74. The minimum Gasteiger partial charge on any atom is -0.376 e. The van der Waals surface area contributed by atoms with Crippen LogP contribution >= 0.6 is 0 Å². The van der Waals surface area contributed by atoms with Crippen LogP contribution in [-0.4, -0.2) is 10.8 Å². The van der Waals surface area contributed by atoms with Gasteiger partial charge in [-0.15, -0.1) is 0 Å². The van der Waals surface area contributed by atoms with Crippen LogP contribution in [0.4, 0.5) is 5.69 Å². The fourth-order valence-corrected chi connectivity index (χ4v) is 4.74. The van der Waals surface area contributed by atoms with Crippen LogP contribution in [0.25, 0.3) is 10.8 Å². The van der Waals surface area contributed by atoms with Crippen LogP contribution in [0.3, 0.4) is 0 Å². The van der Waals surface area contributed by atoms with Gasteiger partial charge in [-0.1, -0.05) is 84.9 Å². The van der Waals surface area contributed by atoms with Crippen LogP contribution in [0.2, 0.25) is 0 Å². The van der Waals surface area contributed by atoms with Gasteiger partial charge in [-0.3, -0.25) is 5.01 Å². The molecule has 4 aromatic rings. The lowest BCUT2D eigenvalue weighted by atomic mass is 9.82. The maximum Gasteiger partial charge on any atom is 0.161 e. The van der Waals surface area contributed by atoms with Crippen molar-refractivity contribution in [3.05, 3.63) is 114 Å². The Labute approximate surface area is 163 Å². The third-order valence-electron chi connectivity index (χ3n) is 5.92. The van der Waals surface area contributed by atoms with E-state index in [1.54, 1.807) is 0 Å². The zero-order valence-electron chi connectivity index (χ0n) is 15.2. The summed E-state index contributed by atoms with van der Waals surface area (Å²) in [5.74, 6) is 0. The largest absolute Gasteiger partial charge is 0.376 e. The molecule has 28 heavy (non-hydrogen) atoms. The van der Waals surface area contributed by atoms with E-state index in [9.17, 15) is 5.11 Å². The minimum absolute atomic E-state index is 0.330. The lowest BCUT2D eigenvalue weighted by Crippen LogP contribution is -2.39. The molecule has 0 aromatic heterocycles. The van der Waals surface area contributed by atoms with Crippen molar-refractivity contribution in [2.24, 2.45) is 5.10 Å². The first-order chi connectivity index (χ1) is 13.8. The molecular weight excluding hydrogens is 344 g/mol. The van der Waals surface area contributed by atoms with Crippen LogP contribution in [0.5, 0.6) is 0 Å². The molecule has 1 heterocycles. The van der Waals surface area contributed by atoms with Crippen LogP contribution in [0.15, 0.2) is 102 Å². The lowest BCUT2D eigenvalue weighted by Gasteiger charge is -2.33. The third kappa shape index (κ3) is 1.89. The van der Waals surface area contributed by atoms with Crippen LogP contribution in [0.1, 0.15) is 22.7 Å². The van der Waals surface area contributed by atoms with Gasteiger partial charge in [-0.05, 0) is 28.5 Å². The second kappa shape index (κ2) is 5.54. The Kier molecular flexibility index (Phi) is 3.09. The van der Waals surface area contributed by atoms with Crippen LogP contribution in [-0.2, 0) is 5.60 Å². The van der Waals surface area contributed by atoms with E-state index in [0.717, 1.165) is 38.9 Å². The third-order valence-corrected chi connectivity index (χ3v) is 5.92. The van der Waals surface area contributed by atoms with E-state index in [2.05, 4.69) is 30.3 Å². The molecule has 1 N–H and O–H groups in total. The Morgan fingerprint density at radius 2 is 1.43 bits per heavy atom. The van der Waals surface area contributed by atoms with E-state index >= 15 is 0 Å². The van der Waals surface area contributed by atoms with Gasteiger partial charge in [0.25, 0.3) is 0 Å². The molecule has 2 atom stereocenters. The van der Waals surface area contributed by atoms with Gasteiger partial charge in [-0.25, -0.2) is 0 Å². The molecule has 0 fully saturated rings. The molecule has 0 saturated carbocycles. The highest BCUT2D eigenvalue weighted by Crippen LogP contribution is 2.54. The van der Waals surface area contributed by atoms with Crippen molar-refractivity contribution in [2.75, 3.05) is 5.01 Å². The number of aliphatic hydroxyl groups is 1. The van der Waals surface area contributed by atoms with Crippen molar-refractivity contribution in [3.63, 3.8) is 0 Å². The van der Waals surface area contributed by atoms with Crippen molar-refractivity contribution in [2.45, 2.75) is 11.6 Å². The first-order valence-electron chi connectivity index (χ1n) is 9.52. The molecule has 0 bridgehead atoms. The lowest BCUT2D eigenvalue weighted by molar-refractivity contribution is 0.0928. The van der Waals surface area contributed by atoms with Crippen LogP contribution in [0, 0.1) is 0 Å². The summed E-state index contributed by atoms with van der Waals surface area (Å²) in [7, 11) is 0. The van der Waals surface area contributed by atoms with Gasteiger partial charge in [0.15, 0.2) is 5.60 Å². The average molecular weight is 362 g/mol. The highest BCUT2D eigenvalue weighted by Gasteiger charge is 2.57. The number of nitrogens with zero attached hydrogens (tertiary/aromatic N) is 2. The van der Waals surface area contributed by atoms with Crippen LogP contribution < -0.4 is 5.01 Å². The molecule has 0 amide bonds. The molecule has 3 nitrogen and oxygen atoms in total. The highest BCUT2D eigenvalue weighted by atomic mass is 16.3. The summed E-state index contributed by atoms with van der Waals surface area (Å²) >= 11 is 0. The summed E-state index contributed by atoms with van der Waals surface area (Å²) in [6, 6.07) is 32.3. The number of rotatable bonds is 2. The quantitative estimate of drug-likeness (QED) is 0.544. The maximum atomic E-state index is 12.2. The van der Waals surface area contributed by atoms with Gasteiger partial charge >= 0.3 is 0 Å². The molecule has 0 saturated heterocycles. The predicted octanol–water partition coefficient (Wildman–Crippen LogP) is 5.01. The number of para-hydroxylation sites is 1. The Balaban J connectivity index is 1.67. The van der Waals surface area contributed by atoms with E-state index in [-0.39, 0.29) is 6.04 Å². The van der Waals surface area contributed by atoms with E-state index in [0.29, 0.717) is 0 Å². The number of hydrogen-bond acceptors (Lipinski definition) is 3. The van der Waals surface area contributed by atoms with Gasteiger partial charge in [0.1, 0.15) is 11.8 Å². The first kappa shape index (κ1) is 15.6. The van der Waals surface area contributed by atoms with Gasteiger partial charge in [0.05, 0.1) is 5.69 Å². The minimum atomic E-state index is -1.19. The second-order valence-electron chi connectivity index (χ2n) is 7.42. The van der Waals surface area contributed by atoms with Crippen molar-refractivity contribution >= 4 is 22.2 Å². The predicted molar refractivity (Wildman–Crippen MR) is 112 cm³/mol. The van der Waals surface area contributed by atoms with E-state index < -0.39 is 5.60 Å². The normalized spacial score (nSPS) is 22.4. The van der Waals surface area contributed by atoms with Gasteiger partial charge in [-0.2, -0.15) is 5.10 Å². The Morgan fingerprint density at radius 3 is 2.18 bits per heavy atom. The topological polar surface area (TPSA) is 35.8 Å². The monoisotopic (exact) mass is 362 g/mol. The second-order valence-corrected chi connectivity index (χ2v) is 7.42. The SMILES string of the molecule is OC12C(=NN(c3ccccc3)C1c1ccccc1)c1cccc3cccc2c13. The summed E-state index contributed by atoms with van der Waals surface area (Å²) in [4.78, 5) is 0. The first-order valence-corrected chi connectivity index (χ1v) is 9.52. The van der Waals surface area contributed by atoms with Gasteiger partial charge < -0.3 is 5.11 Å². The zero-order valence-corrected chi connectivity index (χ0v) is 15.2. The smallest absolute Gasteiger partial charge is 0.161 e. The molecule has 1 aliphatic carbocycles. The Hall–Kier alpha value is -3.43. The van der Waals surface area contributed by atoms with E-state index in [4.69, 9.17) is 5.10 Å². The summed E-state index contributed by atoms with van der Waals surface area (Å²) < 4.78 is 0. The average Bonchev–Trinajstić information content (AvgIpc) is 3.19. The number of benzene rings is 4. The van der Waals surface area contributed by atoms with Gasteiger partial charge in [0.2, 0.25) is 0 Å². The highest BCUT2D eigenvalue weighted by molar-refractivity contribution is 6.23. The van der Waals surface area contributed by atoms with Crippen molar-refractivity contribution < 1.29 is 5.11 Å². The number of anilines is 1. The Morgan fingerprint density at radius 1 is 0.750 bits per heavy atom. The summed E-state index contributed by atoms with van der Waals surface area (Å²) in [5.41, 5.74) is 3.51. The fraction of sp³-hybridized carbons (Fsp3) is 0.0800. The molecule has 3 heteroatoms. The molecule has 1 aliphatic heterocycles. The van der Waals surface area contributed by atoms with Crippen molar-refractivity contribution in [1.82, 2.24) is 0 Å². The molecule has 2 aliphatic rings. The molecule has 6 rings (SSSR count). The number of fused-ring (bicyclic) bond motifs is 3. The van der Waals surface area contributed by atoms with Crippen molar-refractivity contribution in [3.8, 4) is 0 Å². The molecular formula is C25H18N2O. The molecule has 2 unspecified atom stereocenters. The molecule has 0 spiro atoms. The summed E-state index contributed by atoms with van der Waals surface area (Å²) in [5, 5.41) is 21.5. The number of hydrogen-bond donors (Lipinski definition) is 1. The molecule has 4 aromatic carbocycles. The zero-order chi connectivity index (χ0) is 18.7. The van der Waals surface area contributed by atoms with Crippen molar-refractivity contribution in [1.29, 1.82) is 0 Å². The standard InChI is InChI=1S/C25H18N2O/c28-25-21-16-8-12-17-11-7-15-20(22(17)21)23(25)26-27(19-13-5-2-6-14-19)24(25)18-9-3-1-4-10-18/h1-16,24,28H. The summed E-state index contributed by atoms with van der Waals surface area (Å²) in [6.07, 6.45) is 0. The van der Waals surface area contributed by atoms with E-state index in [1.165, 1.54) is 0 Å². The number of hydrazone groups is 1. The van der Waals surface area contributed by atoms with E-state index in [1.807, 2.05) is 71.7 Å². The summed E-state index contributed by atoms with van der Waals surface area (Å²) in [6.45, 7) is 0. The van der Waals surface area contributed by atoms with Gasteiger partial charge in [0, 0.05) is 11.1 Å². The maximum absolute atomic E-state index is 12.2.